The topological polar surface area (TPSA) is 124 Å². The molecule has 4 aromatic rings. The second-order valence-corrected chi connectivity index (χ2v) is 10.1. The lowest BCUT2D eigenvalue weighted by Gasteiger charge is -2.17. The van der Waals surface area contributed by atoms with E-state index in [-0.39, 0.29) is 12.6 Å². The Hall–Kier alpha value is -4.18. The van der Waals surface area contributed by atoms with E-state index in [0.29, 0.717) is 27.0 Å². The standard InChI is InChI=1S/C24H23F2N9OS/c1-13(2)30-18-7-19(20-5-4-16-6-15(8-27)9-29-35(16)20)28-10-17(18)22-32-33-23(37-22)34-11-21(31-14(3)36)24(25,26)12-34/h4-7,9-10,13,21H,11-12H2,1-3H3,(H,28,30)(H,31,36). The predicted molar refractivity (Wildman–Crippen MR) is 136 cm³/mol. The number of halogens is 2. The van der Waals surface area contributed by atoms with E-state index in [9.17, 15) is 13.6 Å². The van der Waals surface area contributed by atoms with Crippen LogP contribution in [0, 0.1) is 11.3 Å². The van der Waals surface area contributed by atoms with Crippen molar-refractivity contribution < 1.29 is 13.6 Å². The Morgan fingerprint density at radius 1 is 1.27 bits per heavy atom. The maximum atomic E-state index is 14.4. The molecule has 5 rings (SSSR count). The smallest absolute Gasteiger partial charge is 0.286 e. The van der Waals surface area contributed by atoms with Crippen LogP contribution in [0.15, 0.2) is 36.7 Å². The normalized spacial score (nSPS) is 16.8. The number of carbonyl (C=O) groups excluding carboxylic acids is 1. The third kappa shape index (κ3) is 4.79. The minimum absolute atomic E-state index is 0.0582. The van der Waals surface area contributed by atoms with Crippen molar-refractivity contribution in [3.8, 4) is 28.0 Å². The number of nitrogens with zero attached hydrogens (tertiary/aromatic N) is 7. The molecular formula is C24H23F2N9OS. The van der Waals surface area contributed by atoms with Crippen molar-refractivity contribution >= 4 is 33.6 Å². The Labute approximate surface area is 215 Å². The van der Waals surface area contributed by atoms with Gasteiger partial charge in [-0.15, -0.1) is 10.2 Å². The number of rotatable bonds is 6. The van der Waals surface area contributed by atoms with Crippen LogP contribution in [-0.2, 0) is 4.79 Å². The van der Waals surface area contributed by atoms with Gasteiger partial charge in [-0.2, -0.15) is 10.4 Å². The van der Waals surface area contributed by atoms with Gasteiger partial charge in [-0.25, -0.2) is 13.3 Å². The van der Waals surface area contributed by atoms with Crippen molar-refractivity contribution in [2.75, 3.05) is 23.3 Å². The average molecular weight is 524 g/mol. The fraction of sp³-hybridized carbons (Fsp3) is 0.333. The van der Waals surface area contributed by atoms with E-state index in [1.54, 1.807) is 16.8 Å². The first-order chi connectivity index (χ1) is 17.6. The summed E-state index contributed by atoms with van der Waals surface area (Å²) >= 11 is 1.19. The number of fused-ring (bicyclic) bond motifs is 1. The number of anilines is 2. The maximum Gasteiger partial charge on any atom is 0.286 e. The van der Waals surface area contributed by atoms with E-state index in [4.69, 9.17) is 5.26 Å². The van der Waals surface area contributed by atoms with Crippen molar-refractivity contribution in [1.82, 2.24) is 30.1 Å². The van der Waals surface area contributed by atoms with Crippen LogP contribution in [0.3, 0.4) is 0 Å². The summed E-state index contributed by atoms with van der Waals surface area (Å²) in [5.41, 5.74) is 4.09. The summed E-state index contributed by atoms with van der Waals surface area (Å²) in [5, 5.41) is 28.5. The summed E-state index contributed by atoms with van der Waals surface area (Å²) in [5.74, 6) is -3.58. The molecule has 1 unspecified atom stereocenters. The van der Waals surface area contributed by atoms with Crippen LogP contribution in [-0.4, -0.2) is 61.8 Å². The third-order valence-electron chi connectivity index (χ3n) is 5.85. The fourth-order valence-corrected chi connectivity index (χ4v) is 5.11. The van der Waals surface area contributed by atoms with Gasteiger partial charge in [0.05, 0.1) is 40.8 Å². The molecule has 4 aromatic heterocycles. The van der Waals surface area contributed by atoms with E-state index >= 15 is 0 Å². The number of amides is 1. The molecule has 37 heavy (non-hydrogen) atoms. The average Bonchev–Trinajstić information content (AvgIpc) is 3.55. The molecule has 1 saturated heterocycles. The lowest BCUT2D eigenvalue weighted by atomic mass is 10.1. The number of hydrogen-bond donors (Lipinski definition) is 2. The number of alkyl halides is 2. The molecular weight excluding hydrogens is 500 g/mol. The monoisotopic (exact) mass is 523 g/mol. The summed E-state index contributed by atoms with van der Waals surface area (Å²) in [6, 6.07) is 8.28. The van der Waals surface area contributed by atoms with E-state index in [1.165, 1.54) is 29.4 Å². The third-order valence-corrected chi connectivity index (χ3v) is 6.86. The lowest BCUT2D eigenvalue weighted by molar-refractivity contribution is -0.122. The quantitative estimate of drug-likeness (QED) is 0.393. The van der Waals surface area contributed by atoms with Gasteiger partial charge in [-0.3, -0.25) is 9.78 Å². The Balaban J connectivity index is 1.47. The van der Waals surface area contributed by atoms with Crippen LogP contribution in [0.2, 0.25) is 0 Å². The van der Waals surface area contributed by atoms with Gasteiger partial charge in [0.25, 0.3) is 5.92 Å². The molecule has 10 nitrogen and oxygen atoms in total. The zero-order valence-electron chi connectivity index (χ0n) is 20.2. The van der Waals surface area contributed by atoms with E-state index in [1.807, 2.05) is 32.0 Å². The van der Waals surface area contributed by atoms with Gasteiger partial charge in [0.2, 0.25) is 11.0 Å². The highest BCUT2D eigenvalue weighted by Crippen LogP contribution is 2.38. The highest BCUT2D eigenvalue weighted by Gasteiger charge is 2.49. The molecule has 5 heterocycles. The largest absolute Gasteiger partial charge is 0.382 e. The van der Waals surface area contributed by atoms with Crippen molar-refractivity contribution in [1.29, 1.82) is 5.26 Å². The number of nitrogens with one attached hydrogen (secondary N) is 2. The molecule has 1 aliphatic heterocycles. The molecule has 0 aliphatic carbocycles. The lowest BCUT2D eigenvalue weighted by Crippen LogP contribution is -2.45. The number of pyridine rings is 1. The van der Waals surface area contributed by atoms with Crippen LogP contribution in [0.1, 0.15) is 26.3 Å². The summed E-state index contributed by atoms with van der Waals surface area (Å²) in [7, 11) is 0. The van der Waals surface area contributed by atoms with Gasteiger partial charge >= 0.3 is 0 Å². The Morgan fingerprint density at radius 3 is 2.81 bits per heavy atom. The van der Waals surface area contributed by atoms with Crippen molar-refractivity contribution in [2.45, 2.75) is 38.8 Å². The van der Waals surface area contributed by atoms with Crippen molar-refractivity contribution in [3.05, 3.63) is 42.2 Å². The molecule has 2 N–H and O–H groups in total. The second kappa shape index (κ2) is 9.36. The minimum Gasteiger partial charge on any atom is -0.382 e. The molecule has 190 valence electrons. The molecule has 0 aromatic carbocycles. The first-order valence-electron chi connectivity index (χ1n) is 11.5. The number of hydrogen-bond acceptors (Lipinski definition) is 9. The molecule has 0 bridgehead atoms. The van der Waals surface area contributed by atoms with E-state index < -0.39 is 24.4 Å². The molecule has 1 atom stereocenters. The molecule has 0 spiro atoms. The Kier molecular flexibility index (Phi) is 6.20. The highest BCUT2D eigenvalue weighted by atomic mass is 32.1. The fourth-order valence-electron chi connectivity index (χ4n) is 4.23. The second-order valence-electron chi connectivity index (χ2n) is 9.11. The van der Waals surface area contributed by atoms with Gasteiger partial charge < -0.3 is 15.5 Å². The first-order valence-corrected chi connectivity index (χ1v) is 12.3. The predicted octanol–water partition coefficient (Wildman–Crippen LogP) is 3.57. The van der Waals surface area contributed by atoms with Crippen LogP contribution in [0.4, 0.5) is 19.6 Å². The van der Waals surface area contributed by atoms with Crippen LogP contribution in [0.25, 0.3) is 27.5 Å². The zero-order chi connectivity index (χ0) is 26.3. The minimum atomic E-state index is -3.08. The number of carbonyl (C=O) groups is 1. The Morgan fingerprint density at radius 2 is 2.08 bits per heavy atom. The van der Waals surface area contributed by atoms with Gasteiger partial charge in [0.15, 0.2) is 5.01 Å². The van der Waals surface area contributed by atoms with Crippen LogP contribution >= 0.6 is 11.3 Å². The first kappa shape index (κ1) is 24.5. The summed E-state index contributed by atoms with van der Waals surface area (Å²) in [6.45, 7) is 4.61. The molecule has 0 radical (unpaired) electrons. The zero-order valence-corrected chi connectivity index (χ0v) is 21.1. The summed E-state index contributed by atoms with van der Waals surface area (Å²) in [6.07, 6.45) is 3.17. The molecule has 1 fully saturated rings. The molecule has 13 heteroatoms. The molecule has 0 saturated carbocycles. The number of aromatic nitrogens is 5. The maximum absolute atomic E-state index is 14.4. The van der Waals surface area contributed by atoms with Gasteiger partial charge in [-0.1, -0.05) is 11.3 Å². The molecule has 1 amide bonds. The van der Waals surface area contributed by atoms with E-state index in [2.05, 4.69) is 37.0 Å². The number of nitriles is 1. The van der Waals surface area contributed by atoms with Crippen LogP contribution < -0.4 is 15.5 Å². The van der Waals surface area contributed by atoms with E-state index in [0.717, 1.165) is 16.9 Å². The summed E-state index contributed by atoms with van der Waals surface area (Å²) < 4.78 is 30.6. The summed E-state index contributed by atoms with van der Waals surface area (Å²) in [4.78, 5) is 17.4. The Bertz CT molecular complexity index is 1520. The van der Waals surface area contributed by atoms with Crippen LogP contribution in [0.5, 0.6) is 0 Å². The van der Waals surface area contributed by atoms with Gasteiger partial charge in [0, 0.05) is 31.4 Å². The van der Waals surface area contributed by atoms with Crippen molar-refractivity contribution in [3.63, 3.8) is 0 Å². The SMILES string of the molecule is CC(=O)NC1CN(c2nnc(-c3cnc(-c4ccc5cc(C#N)cnn45)cc3NC(C)C)s2)CC1(F)F. The molecule has 1 aliphatic rings. The van der Waals surface area contributed by atoms with Gasteiger partial charge in [-0.05, 0) is 38.1 Å². The highest BCUT2D eigenvalue weighted by molar-refractivity contribution is 7.18. The van der Waals surface area contributed by atoms with Gasteiger partial charge in [0.1, 0.15) is 12.1 Å². The van der Waals surface area contributed by atoms with Crippen molar-refractivity contribution in [2.24, 2.45) is 0 Å².